The van der Waals surface area contributed by atoms with E-state index in [0.717, 1.165) is 0 Å². The minimum Gasteiger partial charge on any atom is -0.323 e. The summed E-state index contributed by atoms with van der Waals surface area (Å²) >= 11 is 0. The van der Waals surface area contributed by atoms with Gasteiger partial charge in [0.25, 0.3) is 0 Å². The molecular weight excluding hydrogens is 244 g/mol. The molecule has 0 amide bonds. The monoisotopic (exact) mass is 262 g/mol. The number of pyridine rings is 1. The molecule has 3 rings (SSSR count). The van der Waals surface area contributed by atoms with Gasteiger partial charge in [-0.25, -0.2) is 0 Å². The van der Waals surface area contributed by atoms with Gasteiger partial charge in [0.15, 0.2) is 0 Å². The van der Waals surface area contributed by atoms with Crippen LogP contribution in [0.25, 0.3) is 10.8 Å². The fraction of sp³-hybridized carbons (Fsp3) is 0.167. The molecule has 100 valence electrons. The Morgan fingerprint density at radius 1 is 0.850 bits per heavy atom. The molecule has 1 heterocycles. The molecule has 2 unspecified atom stereocenters. The number of benzene rings is 2. The molecule has 0 aliphatic heterocycles. The van der Waals surface area contributed by atoms with E-state index in [2.05, 4.69) is 54.4 Å². The molecule has 2 N–H and O–H groups in total. The average Bonchev–Trinajstić information content (AvgIpc) is 2.54. The first kappa shape index (κ1) is 12.8. The molecule has 0 radical (unpaired) electrons. The summed E-state index contributed by atoms with van der Waals surface area (Å²) in [5, 5.41) is 2.49. The number of nitrogens with zero attached hydrogens (tertiary/aromatic N) is 1. The maximum atomic E-state index is 6.44. The summed E-state index contributed by atoms with van der Waals surface area (Å²) in [4.78, 5) is 4.06. The molecule has 2 nitrogen and oxygen atoms in total. The lowest BCUT2D eigenvalue weighted by molar-refractivity contribution is 0.598. The first-order valence-corrected chi connectivity index (χ1v) is 6.90. The number of hydrogen-bond acceptors (Lipinski definition) is 2. The Labute approximate surface area is 119 Å². The average molecular weight is 262 g/mol. The third kappa shape index (κ3) is 2.43. The minimum atomic E-state index is -0.0120. The van der Waals surface area contributed by atoms with Crippen LogP contribution in [0, 0.1) is 0 Å². The maximum absolute atomic E-state index is 6.44. The standard InChI is InChI=1S/C18H18N2/c1-13(14-8-10-20-11-9-14)18(19)17-7-6-15-4-2-3-5-16(15)12-17/h2-13,18H,19H2,1H3. The molecule has 0 saturated heterocycles. The van der Waals surface area contributed by atoms with Crippen LogP contribution in [-0.2, 0) is 0 Å². The van der Waals surface area contributed by atoms with Crippen molar-refractivity contribution < 1.29 is 0 Å². The zero-order chi connectivity index (χ0) is 13.9. The third-order valence-electron chi connectivity index (χ3n) is 3.93. The lowest BCUT2D eigenvalue weighted by Gasteiger charge is -2.21. The fourth-order valence-corrected chi connectivity index (χ4v) is 2.58. The molecule has 20 heavy (non-hydrogen) atoms. The van der Waals surface area contributed by atoms with Crippen LogP contribution in [0.4, 0.5) is 0 Å². The van der Waals surface area contributed by atoms with E-state index in [1.165, 1.54) is 21.9 Å². The zero-order valence-corrected chi connectivity index (χ0v) is 11.5. The van der Waals surface area contributed by atoms with E-state index in [1.807, 2.05) is 24.5 Å². The van der Waals surface area contributed by atoms with E-state index in [9.17, 15) is 0 Å². The lowest BCUT2D eigenvalue weighted by atomic mass is 9.89. The van der Waals surface area contributed by atoms with Gasteiger partial charge in [0.1, 0.15) is 0 Å². The smallest absolute Gasteiger partial charge is 0.0362 e. The predicted molar refractivity (Wildman–Crippen MR) is 83.5 cm³/mol. The molecule has 3 aromatic rings. The summed E-state index contributed by atoms with van der Waals surface area (Å²) in [5.41, 5.74) is 8.84. The summed E-state index contributed by atoms with van der Waals surface area (Å²) in [6.07, 6.45) is 3.64. The van der Waals surface area contributed by atoms with E-state index in [-0.39, 0.29) is 12.0 Å². The molecule has 0 aliphatic carbocycles. The van der Waals surface area contributed by atoms with Crippen LogP contribution >= 0.6 is 0 Å². The van der Waals surface area contributed by atoms with Gasteiger partial charge in [-0.2, -0.15) is 0 Å². The van der Waals surface area contributed by atoms with Crippen LogP contribution in [-0.4, -0.2) is 4.98 Å². The van der Waals surface area contributed by atoms with Crippen molar-refractivity contribution in [3.63, 3.8) is 0 Å². The van der Waals surface area contributed by atoms with Crippen LogP contribution in [0.15, 0.2) is 67.0 Å². The van der Waals surface area contributed by atoms with Gasteiger partial charge in [-0.15, -0.1) is 0 Å². The van der Waals surface area contributed by atoms with Gasteiger partial charge >= 0.3 is 0 Å². The van der Waals surface area contributed by atoms with Gasteiger partial charge in [0.05, 0.1) is 0 Å². The van der Waals surface area contributed by atoms with Gasteiger partial charge in [0.2, 0.25) is 0 Å². The van der Waals surface area contributed by atoms with Crippen molar-refractivity contribution in [2.24, 2.45) is 5.73 Å². The van der Waals surface area contributed by atoms with Crippen molar-refractivity contribution in [3.8, 4) is 0 Å². The van der Waals surface area contributed by atoms with Crippen LogP contribution < -0.4 is 5.73 Å². The Kier molecular flexibility index (Phi) is 3.48. The summed E-state index contributed by atoms with van der Waals surface area (Å²) in [6, 6.07) is 18.9. The third-order valence-corrected chi connectivity index (χ3v) is 3.93. The summed E-state index contributed by atoms with van der Waals surface area (Å²) < 4.78 is 0. The summed E-state index contributed by atoms with van der Waals surface area (Å²) in [5.74, 6) is 0.263. The zero-order valence-electron chi connectivity index (χ0n) is 11.5. The number of aromatic nitrogens is 1. The Hall–Kier alpha value is -2.19. The van der Waals surface area contributed by atoms with Crippen molar-refractivity contribution >= 4 is 10.8 Å². The SMILES string of the molecule is CC(c1ccncc1)C(N)c1ccc2ccccc2c1. The summed E-state index contributed by atoms with van der Waals surface area (Å²) in [7, 11) is 0. The van der Waals surface area contributed by atoms with Crippen molar-refractivity contribution in [1.82, 2.24) is 4.98 Å². The van der Waals surface area contributed by atoms with Crippen LogP contribution in [0.2, 0.25) is 0 Å². The topological polar surface area (TPSA) is 38.9 Å². The lowest BCUT2D eigenvalue weighted by Crippen LogP contribution is -2.17. The maximum Gasteiger partial charge on any atom is 0.0362 e. The van der Waals surface area contributed by atoms with Gasteiger partial charge < -0.3 is 5.73 Å². The second-order valence-electron chi connectivity index (χ2n) is 5.20. The molecule has 0 aliphatic rings. The number of nitrogens with two attached hydrogens (primary N) is 1. The van der Waals surface area contributed by atoms with Crippen molar-refractivity contribution in [1.29, 1.82) is 0 Å². The van der Waals surface area contributed by atoms with Gasteiger partial charge in [0, 0.05) is 24.4 Å². The Morgan fingerprint density at radius 3 is 2.30 bits per heavy atom. The van der Waals surface area contributed by atoms with Crippen LogP contribution in [0.5, 0.6) is 0 Å². The highest BCUT2D eigenvalue weighted by Gasteiger charge is 2.16. The molecule has 2 aromatic carbocycles. The molecular formula is C18H18N2. The van der Waals surface area contributed by atoms with E-state index in [4.69, 9.17) is 5.73 Å². The van der Waals surface area contributed by atoms with Gasteiger partial charge in [-0.1, -0.05) is 43.3 Å². The van der Waals surface area contributed by atoms with Crippen molar-refractivity contribution in [3.05, 3.63) is 78.1 Å². The van der Waals surface area contributed by atoms with Crippen molar-refractivity contribution in [2.75, 3.05) is 0 Å². The number of rotatable bonds is 3. The Balaban J connectivity index is 1.94. The van der Waals surface area contributed by atoms with Gasteiger partial charge in [-0.05, 0) is 40.1 Å². The van der Waals surface area contributed by atoms with Crippen LogP contribution in [0.3, 0.4) is 0 Å². The highest BCUT2D eigenvalue weighted by molar-refractivity contribution is 5.83. The molecule has 0 bridgehead atoms. The highest BCUT2D eigenvalue weighted by Crippen LogP contribution is 2.29. The second-order valence-corrected chi connectivity index (χ2v) is 5.20. The predicted octanol–water partition coefficient (Wildman–Crippen LogP) is 4.04. The van der Waals surface area contributed by atoms with E-state index < -0.39 is 0 Å². The first-order chi connectivity index (χ1) is 9.75. The molecule has 0 fully saturated rings. The fourth-order valence-electron chi connectivity index (χ4n) is 2.58. The highest BCUT2D eigenvalue weighted by atomic mass is 14.7. The largest absolute Gasteiger partial charge is 0.323 e. The number of hydrogen-bond donors (Lipinski definition) is 1. The van der Waals surface area contributed by atoms with E-state index >= 15 is 0 Å². The van der Waals surface area contributed by atoms with Crippen molar-refractivity contribution in [2.45, 2.75) is 18.9 Å². The quantitative estimate of drug-likeness (QED) is 0.773. The first-order valence-electron chi connectivity index (χ1n) is 6.90. The Morgan fingerprint density at radius 2 is 1.55 bits per heavy atom. The molecule has 1 aromatic heterocycles. The minimum absolute atomic E-state index is 0.0120. The number of fused-ring (bicyclic) bond motifs is 1. The van der Waals surface area contributed by atoms with E-state index in [1.54, 1.807) is 0 Å². The molecule has 0 saturated carbocycles. The molecule has 0 spiro atoms. The van der Waals surface area contributed by atoms with Crippen LogP contribution in [0.1, 0.15) is 30.0 Å². The second kappa shape index (κ2) is 5.43. The normalized spacial score (nSPS) is 14.1. The molecule has 2 atom stereocenters. The summed E-state index contributed by atoms with van der Waals surface area (Å²) in [6.45, 7) is 2.16. The Bertz CT molecular complexity index is 707. The van der Waals surface area contributed by atoms with E-state index in [0.29, 0.717) is 0 Å². The van der Waals surface area contributed by atoms with Gasteiger partial charge in [-0.3, -0.25) is 4.98 Å². The molecule has 2 heteroatoms.